The summed E-state index contributed by atoms with van der Waals surface area (Å²) >= 11 is 0. The van der Waals surface area contributed by atoms with Crippen molar-refractivity contribution in [3.05, 3.63) is 54.6 Å². The van der Waals surface area contributed by atoms with Gasteiger partial charge in [-0.2, -0.15) is 0 Å². The summed E-state index contributed by atoms with van der Waals surface area (Å²) in [4.78, 5) is 0. The Balaban J connectivity index is 2.02. The SMILES string of the molecule is CC(COc1ccc(-c2ccccc2)cc1)NN. The van der Waals surface area contributed by atoms with Gasteiger partial charge in [-0.15, -0.1) is 0 Å². The molecule has 1 atom stereocenters. The number of hydrazine groups is 1. The van der Waals surface area contributed by atoms with E-state index in [-0.39, 0.29) is 6.04 Å². The van der Waals surface area contributed by atoms with Gasteiger partial charge in [0.15, 0.2) is 0 Å². The van der Waals surface area contributed by atoms with Crippen LogP contribution in [0.25, 0.3) is 11.1 Å². The van der Waals surface area contributed by atoms with Gasteiger partial charge in [-0.1, -0.05) is 42.5 Å². The summed E-state index contributed by atoms with van der Waals surface area (Å²) < 4.78 is 5.61. The minimum Gasteiger partial charge on any atom is -0.492 e. The van der Waals surface area contributed by atoms with Gasteiger partial charge in [0, 0.05) is 0 Å². The van der Waals surface area contributed by atoms with Crippen molar-refractivity contribution in [1.82, 2.24) is 5.43 Å². The highest BCUT2D eigenvalue weighted by Gasteiger charge is 2.01. The predicted octanol–water partition coefficient (Wildman–Crippen LogP) is 2.58. The molecule has 0 saturated heterocycles. The summed E-state index contributed by atoms with van der Waals surface area (Å²) in [6, 6.07) is 18.5. The molecule has 3 N–H and O–H groups in total. The topological polar surface area (TPSA) is 47.3 Å². The van der Waals surface area contributed by atoms with Crippen molar-refractivity contribution in [2.24, 2.45) is 5.84 Å². The van der Waals surface area contributed by atoms with E-state index in [2.05, 4.69) is 29.7 Å². The Morgan fingerprint density at radius 3 is 2.22 bits per heavy atom. The van der Waals surface area contributed by atoms with Crippen molar-refractivity contribution < 1.29 is 4.74 Å². The van der Waals surface area contributed by atoms with Crippen molar-refractivity contribution in [3.8, 4) is 16.9 Å². The molecule has 0 saturated carbocycles. The first-order valence-corrected chi connectivity index (χ1v) is 6.04. The molecule has 0 aliphatic heterocycles. The van der Waals surface area contributed by atoms with Crippen LogP contribution in [0.2, 0.25) is 0 Å². The van der Waals surface area contributed by atoms with Gasteiger partial charge in [0.1, 0.15) is 12.4 Å². The van der Waals surface area contributed by atoms with Crippen LogP contribution in [0.15, 0.2) is 54.6 Å². The van der Waals surface area contributed by atoms with E-state index >= 15 is 0 Å². The lowest BCUT2D eigenvalue weighted by Crippen LogP contribution is -2.36. The molecule has 1 unspecified atom stereocenters. The fraction of sp³-hybridized carbons (Fsp3) is 0.200. The minimum atomic E-state index is 0.138. The zero-order valence-electron chi connectivity index (χ0n) is 10.5. The number of benzene rings is 2. The van der Waals surface area contributed by atoms with E-state index in [1.165, 1.54) is 11.1 Å². The molecule has 0 fully saturated rings. The molecule has 2 aromatic rings. The molecular formula is C15H18N2O. The van der Waals surface area contributed by atoms with Crippen molar-refractivity contribution in [1.29, 1.82) is 0 Å². The summed E-state index contributed by atoms with van der Waals surface area (Å²) in [5.41, 5.74) is 5.04. The Morgan fingerprint density at radius 2 is 1.61 bits per heavy atom. The number of rotatable bonds is 5. The quantitative estimate of drug-likeness (QED) is 0.626. The van der Waals surface area contributed by atoms with Gasteiger partial charge in [0.2, 0.25) is 0 Å². The van der Waals surface area contributed by atoms with E-state index in [0.717, 1.165) is 5.75 Å². The molecule has 0 aliphatic rings. The average Bonchev–Trinajstić information content (AvgIpc) is 2.46. The molecule has 0 aromatic heterocycles. The minimum absolute atomic E-state index is 0.138. The Bertz CT molecular complexity index is 468. The molecule has 0 aliphatic carbocycles. The van der Waals surface area contributed by atoms with E-state index in [1.54, 1.807) is 0 Å². The third-order valence-corrected chi connectivity index (χ3v) is 2.75. The van der Waals surface area contributed by atoms with Crippen LogP contribution in [0.5, 0.6) is 5.75 Å². The molecule has 18 heavy (non-hydrogen) atoms. The first-order valence-electron chi connectivity index (χ1n) is 6.04. The van der Waals surface area contributed by atoms with Crippen LogP contribution in [-0.2, 0) is 0 Å². The predicted molar refractivity (Wildman–Crippen MR) is 74.2 cm³/mol. The van der Waals surface area contributed by atoms with Gasteiger partial charge in [-0.05, 0) is 30.2 Å². The lowest BCUT2D eigenvalue weighted by atomic mass is 10.1. The Hall–Kier alpha value is -1.84. The van der Waals surface area contributed by atoms with Crippen LogP contribution < -0.4 is 16.0 Å². The Kier molecular flexibility index (Phi) is 4.34. The number of nitrogens with one attached hydrogen (secondary N) is 1. The van der Waals surface area contributed by atoms with Crippen molar-refractivity contribution >= 4 is 0 Å². The number of ether oxygens (including phenoxy) is 1. The standard InChI is InChI=1S/C15H18N2O/c1-12(17-16)11-18-15-9-7-14(8-10-15)13-5-3-2-4-6-13/h2-10,12,17H,11,16H2,1H3. The van der Waals surface area contributed by atoms with Crippen LogP contribution in [0.4, 0.5) is 0 Å². The van der Waals surface area contributed by atoms with Gasteiger partial charge in [0.25, 0.3) is 0 Å². The lowest BCUT2D eigenvalue weighted by molar-refractivity contribution is 0.275. The van der Waals surface area contributed by atoms with E-state index in [4.69, 9.17) is 10.6 Å². The molecule has 0 spiro atoms. The molecule has 2 rings (SSSR count). The Labute approximate surface area is 108 Å². The van der Waals surface area contributed by atoms with Crippen LogP contribution in [0.1, 0.15) is 6.92 Å². The second-order valence-electron chi connectivity index (χ2n) is 4.27. The van der Waals surface area contributed by atoms with Gasteiger partial charge in [-0.25, -0.2) is 0 Å². The summed E-state index contributed by atoms with van der Waals surface area (Å²) in [6.45, 7) is 2.53. The molecule has 0 bridgehead atoms. The molecule has 94 valence electrons. The molecule has 3 nitrogen and oxygen atoms in total. The summed E-state index contributed by atoms with van der Waals surface area (Å²) in [6.07, 6.45) is 0. The first kappa shape index (κ1) is 12.6. The highest BCUT2D eigenvalue weighted by molar-refractivity contribution is 5.63. The second-order valence-corrected chi connectivity index (χ2v) is 4.27. The van der Waals surface area contributed by atoms with Crippen LogP contribution in [0, 0.1) is 0 Å². The number of nitrogens with two attached hydrogens (primary N) is 1. The smallest absolute Gasteiger partial charge is 0.119 e. The fourth-order valence-electron chi connectivity index (χ4n) is 1.64. The average molecular weight is 242 g/mol. The zero-order valence-corrected chi connectivity index (χ0v) is 10.5. The van der Waals surface area contributed by atoms with Crippen LogP contribution in [0.3, 0.4) is 0 Å². The van der Waals surface area contributed by atoms with Gasteiger partial charge in [-0.3, -0.25) is 11.3 Å². The maximum Gasteiger partial charge on any atom is 0.119 e. The molecule has 3 heteroatoms. The van der Waals surface area contributed by atoms with Gasteiger partial charge >= 0.3 is 0 Å². The summed E-state index contributed by atoms with van der Waals surface area (Å²) in [7, 11) is 0. The molecule has 2 aromatic carbocycles. The monoisotopic (exact) mass is 242 g/mol. The highest BCUT2D eigenvalue weighted by Crippen LogP contribution is 2.21. The number of hydrogen-bond acceptors (Lipinski definition) is 3. The van der Waals surface area contributed by atoms with Gasteiger partial charge < -0.3 is 4.74 Å². The summed E-state index contributed by atoms with van der Waals surface area (Å²) in [5, 5.41) is 0. The largest absolute Gasteiger partial charge is 0.492 e. The fourth-order valence-corrected chi connectivity index (χ4v) is 1.64. The number of hydrogen-bond donors (Lipinski definition) is 2. The molecule has 0 heterocycles. The third-order valence-electron chi connectivity index (χ3n) is 2.75. The Morgan fingerprint density at radius 1 is 1.00 bits per heavy atom. The van der Waals surface area contributed by atoms with Gasteiger partial charge in [0.05, 0.1) is 6.04 Å². The normalized spacial score (nSPS) is 12.1. The summed E-state index contributed by atoms with van der Waals surface area (Å²) in [5.74, 6) is 6.16. The lowest BCUT2D eigenvalue weighted by Gasteiger charge is -2.12. The van der Waals surface area contributed by atoms with E-state index < -0.39 is 0 Å². The first-order chi connectivity index (χ1) is 8.79. The van der Waals surface area contributed by atoms with Crippen molar-refractivity contribution in [3.63, 3.8) is 0 Å². The third kappa shape index (κ3) is 3.32. The maximum absolute atomic E-state index is 5.61. The van der Waals surface area contributed by atoms with E-state index in [9.17, 15) is 0 Å². The van der Waals surface area contributed by atoms with E-state index in [0.29, 0.717) is 6.61 Å². The van der Waals surface area contributed by atoms with Crippen molar-refractivity contribution in [2.75, 3.05) is 6.61 Å². The van der Waals surface area contributed by atoms with Crippen molar-refractivity contribution in [2.45, 2.75) is 13.0 Å². The molecule has 0 radical (unpaired) electrons. The molecule has 0 amide bonds. The zero-order chi connectivity index (χ0) is 12.8. The van der Waals surface area contributed by atoms with Crippen LogP contribution >= 0.6 is 0 Å². The molecular weight excluding hydrogens is 224 g/mol. The highest BCUT2D eigenvalue weighted by atomic mass is 16.5. The maximum atomic E-state index is 5.61. The van der Waals surface area contributed by atoms with E-state index in [1.807, 2.05) is 37.3 Å². The van der Waals surface area contributed by atoms with Crippen LogP contribution in [-0.4, -0.2) is 12.6 Å². The second kappa shape index (κ2) is 6.19.